The number of benzene rings is 2. The monoisotopic (exact) mass is 433 g/mol. The molecular formula is C21H24BrNO2S. The zero-order valence-electron chi connectivity index (χ0n) is 15.1. The van der Waals surface area contributed by atoms with Crippen LogP contribution in [0, 0.1) is 0 Å². The first-order chi connectivity index (χ1) is 12.5. The predicted molar refractivity (Wildman–Crippen MR) is 114 cm³/mol. The number of rotatable bonds is 9. The van der Waals surface area contributed by atoms with E-state index < -0.39 is 0 Å². The molecule has 1 atom stereocenters. The van der Waals surface area contributed by atoms with Crippen LogP contribution in [0.15, 0.2) is 65.2 Å². The summed E-state index contributed by atoms with van der Waals surface area (Å²) in [5.74, 6) is 0.750. The quantitative estimate of drug-likeness (QED) is 0.254. The van der Waals surface area contributed by atoms with Gasteiger partial charge in [0.25, 0.3) is 0 Å². The largest absolute Gasteiger partial charge is 0.490 e. The van der Waals surface area contributed by atoms with Crippen LogP contribution in [0.25, 0.3) is 0 Å². The number of carbonyl (C=O) groups is 1. The van der Waals surface area contributed by atoms with Gasteiger partial charge in [-0.25, -0.2) is 0 Å². The average Bonchev–Trinajstić information content (AvgIpc) is 2.67. The van der Waals surface area contributed by atoms with E-state index in [1.165, 1.54) is 0 Å². The highest BCUT2D eigenvalue weighted by atomic mass is 79.9. The Balaban J connectivity index is 1.84. The highest BCUT2D eigenvalue weighted by molar-refractivity contribution is 9.10. The zero-order valence-corrected chi connectivity index (χ0v) is 17.5. The molecule has 2 aromatic carbocycles. The van der Waals surface area contributed by atoms with Crippen LogP contribution in [0.5, 0.6) is 5.75 Å². The third-order valence-electron chi connectivity index (χ3n) is 4.00. The minimum absolute atomic E-state index is 0.00390. The Bertz CT molecular complexity index is 729. The standard InChI is InChI=1S/C21H24BrNO2S/c1-3-20(26)23(2)14-4-5-15-25-19-12-8-17(9-13-19)21(24)16-6-10-18(22)11-7-16/h4-13,20,26H,3,14-15H2,1-2H3. The van der Waals surface area contributed by atoms with Crippen LogP contribution in [0.2, 0.25) is 0 Å². The van der Waals surface area contributed by atoms with Gasteiger partial charge in [0.15, 0.2) is 5.78 Å². The summed E-state index contributed by atoms with van der Waals surface area (Å²) in [6, 6.07) is 14.6. The molecule has 3 nitrogen and oxygen atoms in total. The van der Waals surface area contributed by atoms with Gasteiger partial charge in [0.2, 0.25) is 0 Å². The van der Waals surface area contributed by atoms with E-state index in [-0.39, 0.29) is 11.2 Å². The normalized spacial score (nSPS) is 12.5. The molecule has 0 aliphatic rings. The summed E-state index contributed by atoms with van der Waals surface area (Å²) in [5.41, 5.74) is 1.32. The fourth-order valence-corrected chi connectivity index (χ4v) is 2.72. The van der Waals surface area contributed by atoms with E-state index >= 15 is 0 Å². The summed E-state index contributed by atoms with van der Waals surface area (Å²) in [7, 11) is 2.05. The van der Waals surface area contributed by atoms with Crippen molar-refractivity contribution >= 4 is 34.3 Å². The molecule has 0 radical (unpaired) electrons. The van der Waals surface area contributed by atoms with E-state index in [9.17, 15) is 4.79 Å². The van der Waals surface area contributed by atoms with Crippen molar-refractivity contribution in [3.05, 3.63) is 76.3 Å². The van der Waals surface area contributed by atoms with Gasteiger partial charge < -0.3 is 4.74 Å². The predicted octanol–water partition coefficient (Wildman–Crippen LogP) is 5.21. The molecular weight excluding hydrogens is 410 g/mol. The minimum atomic E-state index is 0.00390. The smallest absolute Gasteiger partial charge is 0.193 e. The van der Waals surface area contributed by atoms with Gasteiger partial charge in [-0.15, -0.1) is 0 Å². The molecule has 1 unspecified atom stereocenters. The van der Waals surface area contributed by atoms with Gasteiger partial charge in [0.05, 0.1) is 5.37 Å². The Morgan fingerprint density at radius 3 is 2.27 bits per heavy atom. The number of likely N-dealkylation sites (N-methyl/N-ethyl adjacent to an activating group) is 1. The molecule has 2 rings (SSSR count). The summed E-state index contributed by atoms with van der Waals surface area (Å²) in [4.78, 5) is 14.6. The van der Waals surface area contributed by atoms with Gasteiger partial charge in [-0.1, -0.05) is 35.0 Å². The fourth-order valence-electron chi connectivity index (χ4n) is 2.36. The molecule has 0 heterocycles. The maximum atomic E-state index is 12.4. The molecule has 0 aliphatic carbocycles. The third kappa shape index (κ3) is 6.31. The van der Waals surface area contributed by atoms with Crippen molar-refractivity contribution in [2.75, 3.05) is 20.2 Å². The molecule has 0 bridgehead atoms. The lowest BCUT2D eigenvalue weighted by molar-refractivity contribution is 0.103. The van der Waals surface area contributed by atoms with Crippen LogP contribution in [-0.4, -0.2) is 36.3 Å². The number of ketones is 1. The van der Waals surface area contributed by atoms with Crippen molar-refractivity contribution in [2.45, 2.75) is 18.7 Å². The SMILES string of the molecule is CCC(S)N(C)CC=CCOc1ccc(C(=O)c2ccc(Br)cc2)cc1. The lowest BCUT2D eigenvalue weighted by Crippen LogP contribution is -2.26. The number of ether oxygens (including phenoxy) is 1. The van der Waals surface area contributed by atoms with Crippen molar-refractivity contribution in [3.63, 3.8) is 0 Å². The first-order valence-corrected chi connectivity index (χ1v) is 9.88. The van der Waals surface area contributed by atoms with Gasteiger partial charge in [-0.2, -0.15) is 12.6 Å². The van der Waals surface area contributed by atoms with Crippen molar-refractivity contribution in [1.29, 1.82) is 0 Å². The highest BCUT2D eigenvalue weighted by Crippen LogP contribution is 2.17. The van der Waals surface area contributed by atoms with Crippen LogP contribution in [0.1, 0.15) is 29.3 Å². The third-order valence-corrected chi connectivity index (χ3v) is 5.29. The number of hydrogen-bond acceptors (Lipinski definition) is 4. The number of carbonyl (C=O) groups excluding carboxylic acids is 1. The van der Waals surface area contributed by atoms with Crippen LogP contribution >= 0.6 is 28.6 Å². The van der Waals surface area contributed by atoms with E-state index in [0.717, 1.165) is 23.2 Å². The fraction of sp³-hybridized carbons (Fsp3) is 0.286. The Morgan fingerprint density at radius 2 is 1.69 bits per heavy atom. The highest BCUT2D eigenvalue weighted by Gasteiger charge is 2.09. The lowest BCUT2D eigenvalue weighted by atomic mass is 10.0. The van der Waals surface area contributed by atoms with Gasteiger partial charge in [-0.05, 0) is 62.0 Å². The van der Waals surface area contributed by atoms with Crippen LogP contribution in [-0.2, 0) is 0 Å². The van der Waals surface area contributed by atoms with Crippen molar-refractivity contribution in [3.8, 4) is 5.75 Å². The number of halogens is 1. The molecule has 26 heavy (non-hydrogen) atoms. The first kappa shape index (κ1) is 20.7. The molecule has 0 N–H and O–H groups in total. The molecule has 0 saturated heterocycles. The molecule has 2 aromatic rings. The Morgan fingerprint density at radius 1 is 1.12 bits per heavy atom. The zero-order chi connectivity index (χ0) is 18.9. The second kappa shape index (κ2) is 10.6. The maximum Gasteiger partial charge on any atom is 0.193 e. The maximum absolute atomic E-state index is 12.4. The number of hydrogen-bond donors (Lipinski definition) is 1. The summed E-state index contributed by atoms with van der Waals surface area (Å²) >= 11 is 7.87. The summed E-state index contributed by atoms with van der Waals surface area (Å²) < 4.78 is 6.64. The summed E-state index contributed by atoms with van der Waals surface area (Å²) in [5, 5.41) is 0.274. The second-order valence-electron chi connectivity index (χ2n) is 5.97. The van der Waals surface area contributed by atoms with Crippen LogP contribution in [0.4, 0.5) is 0 Å². The minimum Gasteiger partial charge on any atom is -0.490 e. The Hall–Kier alpha value is -1.56. The second-order valence-corrected chi connectivity index (χ2v) is 7.48. The summed E-state index contributed by atoms with van der Waals surface area (Å²) in [6.07, 6.45) is 5.08. The van der Waals surface area contributed by atoms with Crippen LogP contribution in [0.3, 0.4) is 0 Å². The molecule has 0 amide bonds. The van der Waals surface area contributed by atoms with Crippen LogP contribution < -0.4 is 4.74 Å². The average molecular weight is 434 g/mol. The van der Waals surface area contributed by atoms with E-state index in [0.29, 0.717) is 17.7 Å². The van der Waals surface area contributed by atoms with Crippen molar-refractivity contribution in [2.24, 2.45) is 0 Å². The number of nitrogens with zero attached hydrogens (tertiary/aromatic N) is 1. The van der Waals surface area contributed by atoms with E-state index in [1.54, 1.807) is 12.1 Å². The first-order valence-electron chi connectivity index (χ1n) is 8.57. The van der Waals surface area contributed by atoms with Gasteiger partial charge in [-0.3, -0.25) is 9.69 Å². The number of thiol groups is 1. The van der Waals surface area contributed by atoms with Gasteiger partial charge >= 0.3 is 0 Å². The van der Waals surface area contributed by atoms with E-state index in [1.807, 2.05) is 49.5 Å². The summed E-state index contributed by atoms with van der Waals surface area (Å²) in [6.45, 7) is 3.45. The van der Waals surface area contributed by atoms with E-state index in [2.05, 4.69) is 46.5 Å². The lowest BCUT2D eigenvalue weighted by Gasteiger charge is -2.20. The topological polar surface area (TPSA) is 29.5 Å². The molecule has 0 spiro atoms. The van der Waals surface area contributed by atoms with Gasteiger partial charge in [0.1, 0.15) is 12.4 Å². The molecule has 0 aromatic heterocycles. The van der Waals surface area contributed by atoms with E-state index in [4.69, 9.17) is 4.74 Å². The molecule has 5 heteroatoms. The molecule has 0 fully saturated rings. The van der Waals surface area contributed by atoms with Crippen molar-refractivity contribution < 1.29 is 9.53 Å². The van der Waals surface area contributed by atoms with Gasteiger partial charge in [0, 0.05) is 22.1 Å². The van der Waals surface area contributed by atoms with Crippen molar-refractivity contribution in [1.82, 2.24) is 4.90 Å². The molecule has 0 aliphatic heterocycles. The Kier molecular flexibility index (Phi) is 8.42. The molecule has 138 valence electrons. The Labute approximate surface area is 169 Å². The molecule has 0 saturated carbocycles.